The molecule has 0 bridgehead atoms. The van der Waals surface area contributed by atoms with Crippen molar-refractivity contribution in [2.24, 2.45) is 7.05 Å². The van der Waals surface area contributed by atoms with Crippen LogP contribution in [0.1, 0.15) is 5.82 Å². The topological polar surface area (TPSA) is 18.0 Å². The molecule has 0 saturated carbocycles. The van der Waals surface area contributed by atoms with Crippen molar-refractivity contribution >= 4 is 0 Å². The monoisotopic (exact) mass is 203 g/mol. The fraction of sp³-hybridized carbons (Fsp3) is 0.250. The maximum absolute atomic E-state index is 5.33. The fourth-order valence-corrected chi connectivity index (χ4v) is 1.64. The van der Waals surface area contributed by atoms with Crippen molar-refractivity contribution in [3.8, 4) is 11.4 Å². The van der Waals surface area contributed by atoms with E-state index in [2.05, 4.69) is 16.1 Å². The number of aryl methyl sites for hydroxylation is 1. The highest BCUT2D eigenvalue weighted by molar-refractivity contribution is 5.46. The summed E-state index contributed by atoms with van der Waals surface area (Å²) in [4.78, 5) is 0. The Kier molecular flexibility index (Phi) is 2.46. The second-order valence-electron chi connectivity index (χ2n) is 3.50. The maximum Gasteiger partial charge on any atom is 0.258 e. The van der Waals surface area contributed by atoms with Crippen LogP contribution >= 0.6 is 0 Å². The first-order valence-electron chi connectivity index (χ1n) is 4.91. The number of methoxy groups -OCH3 is 1. The summed E-state index contributed by atoms with van der Waals surface area (Å²) >= 11 is 0. The molecule has 0 spiro atoms. The van der Waals surface area contributed by atoms with Crippen LogP contribution in [-0.2, 0) is 7.05 Å². The molecule has 3 nitrogen and oxygen atoms in total. The highest BCUT2D eigenvalue weighted by Gasteiger charge is 2.14. The third kappa shape index (κ3) is 1.61. The van der Waals surface area contributed by atoms with Gasteiger partial charge in [0, 0.05) is 6.92 Å². The van der Waals surface area contributed by atoms with Gasteiger partial charge >= 0.3 is 0 Å². The van der Waals surface area contributed by atoms with Crippen LogP contribution in [0.15, 0.2) is 36.7 Å². The average molecular weight is 203 g/mol. The molecule has 2 rings (SSSR count). The predicted octanol–water partition coefficient (Wildman–Crippen LogP) is 1.62. The Labute approximate surface area is 89.5 Å². The molecule has 1 aromatic carbocycles. The summed E-state index contributed by atoms with van der Waals surface area (Å²) in [6, 6.07) is 8.00. The zero-order chi connectivity index (χ0) is 10.8. The SMILES string of the molecule is COc1ccccc1-n1cc[n+](C)c1C. The summed E-state index contributed by atoms with van der Waals surface area (Å²) in [5, 5.41) is 0. The van der Waals surface area contributed by atoms with Gasteiger partial charge in [-0.3, -0.25) is 0 Å². The Morgan fingerprint density at radius 3 is 2.60 bits per heavy atom. The van der Waals surface area contributed by atoms with Crippen molar-refractivity contribution in [3.63, 3.8) is 0 Å². The van der Waals surface area contributed by atoms with Crippen LogP contribution < -0.4 is 9.30 Å². The molecule has 78 valence electrons. The van der Waals surface area contributed by atoms with Gasteiger partial charge in [0.2, 0.25) is 0 Å². The summed E-state index contributed by atoms with van der Waals surface area (Å²) in [5.74, 6) is 2.05. The van der Waals surface area contributed by atoms with Gasteiger partial charge in [-0.15, -0.1) is 0 Å². The van der Waals surface area contributed by atoms with Gasteiger partial charge in [0.05, 0.1) is 14.2 Å². The van der Waals surface area contributed by atoms with E-state index in [9.17, 15) is 0 Å². The molecule has 0 fully saturated rings. The van der Waals surface area contributed by atoms with Crippen LogP contribution in [0.2, 0.25) is 0 Å². The second-order valence-corrected chi connectivity index (χ2v) is 3.50. The zero-order valence-electron chi connectivity index (χ0n) is 9.27. The molecule has 15 heavy (non-hydrogen) atoms. The highest BCUT2D eigenvalue weighted by Crippen LogP contribution is 2.22. The van der Waals surface area contributed by atoms with E-state index in [1.807, 2.05) is 43.7 Å². The van der Waals surface area contributed by atoms with Crippen LogP contribution in [0.5, 0.6) is 5.75 Å². The van der Waals surface area contributed by atoms with Crippen molar-refractivity contribution in [1.29, 1.82) is 0 Å². The number of hydrogen-bond donors (Lipinski definition) is 0. The summed E-state index contributed by atoms with van der Waals surface area (Å²) in [5.41, 5.74) is 1.07. The van der Waals surface area contributed by atoms with Crippen LogP contribution in [0.3, 0.4) is 0 Å². The van der Waals surface area contributed by atoms with E-state index in [-0.39, 0.29) is 0 Å². The van der Waals surface area contributed by atoms with Crippen LogP contribution in [-0.4, -0.2) is 11.7 Å². The number of imidazole rings is 1. The number of para-hydroxylation sites is 2. The summed E-state index contributed by atoms with van der Waals surface area (Å²) in [7, 11) is 3.72. The standard InChI is InChI=1S/C12H15N2O/c1-10-13(2)8-9-14(10)11-6-4-5-7-12(11)15-3/h4-9H,1-3H3/q+1. The molecular weight excluding hydrogens is 188 g/mol. The van der Waals surface area contributed by atoms with Crippen molar-refractivity contribution < 1.29 is 9.30 Å². The van der Waals surface area contributed by atoms with E-state index >= 15 is 0 Å². The van der Waals surface area contributed by atoms with E-state index < -0.39 is 0 Å². The van der Waals surface area contributed by atoms with Crippen LogP contribution in [0, 0.1) is 6.92 Å². The Morgan fingerprint density at radius 1 is 1.27 bits per heavy atom. The second kappa shape index (κ2) is 3.77. The summed E-state index contributed by atoms with van der Waals surface area (Å²) < 4.78 is 9.52. The molecule has 0 N–H and O–H groups in total. The number of benzene rings is 1. The maximum atomic E-state index is 5.33. The largest absolute Gasteiger partial charge is 0.492 e. The number of hydrogen-bond acceptors (Lipinski definition) is 1. The lowest BCUT2D eigenvalue weighted by atomic mass is 10.3. The normalized spacial score (nSPS) is 10.3. The predicted molar refractivity (Wildman–Crippen MR) is 58.2 cm³/mol. The van der Waals surface area contributed by atoms with Crippen molar-refractivity contribution in [2.45, 2.75) is 6.92 Å². The third-order valence-electron chi connectivity index (χ3n) is 2.64. The summed E-state index contributed by atoms with van der Waals surface area (Å²) in [6.07, 6.45) is 4.06. The molecule has 1 aromatic heterocycles. The van der Waals surface area contributed by atoms with Crippen molar-refractivity contribution in [3.05, 3.63) is 42.5 Å². The highest BCUT2D eigenvalue weighted by atomic mass is 16.5. The molecule has 0 aliphatic rings. The van der Waals surface area contributed by atoms with Gasteiger partial charge < -0.3 is 4.74 Å². The summed E-state index contributed by atoms with van der Waals surface area (Å²) in [6.45, 7) is 2.08. The van der Waals surface area contributed by atoms with Gasteiger partial charge in [0.1, 0.15) is 12.4 Å². The van der Waals surface area contributed by atoms with E-state index in [0.29, 0.717) is 0 Å². The number of nitrogens with zero attached hydrogens (tertiary/aromatic N) is 2. The third-order valence-corrected chi connectivity index (χ3v) is 2.64. The molecular formula is C12H15N2O+. The first kappa shape index (κ1) is 9.77. The average Bonchev–Trinajstić information content (AvgIpc) is 2.60. The van der Waals surface area contributed by atoms with E-state index in [4.69, 9.17) is 4.74 Å². The lowest BCUT2D eigenvalue weighted by Crippen LogP contribution is -2.29. The Morgan fingerprint density at radius 2 is 2.00 bits per heavy atom. The van der Waals surface area contributed by atoms with Crippen molar-refractivity contribution in [2.75, 3.05) is 7.11 Å². The Bertz CT molecular complexity index is 474. The smallest absolute Gasteiger partial charge is 0.258 e. The van der Waals surface area contributed by atoms with Gasteiger partial charge in [-0.1, -0.05) is 12.1 Å². The Hall–Kier alpha value is -1.77. The van der Waals surface area contributed by atoms with Crippen LogP contribution in [0.4, 0.5) is 0 Å². The van der Waals surface area contributed by atoms with Gasteiger partial charge in [-0.2, -0.15) is 4.57 Å². The minimum atomic E-state index is 0.886. The van der Waals surface area contributed by atoms with E-state index in [0.717, 1.165) is 11.4 Å². The first-order chi connectivity index (χ1) is 7.24. The molecule has 0 amide bonds. The van der Waals surface area contributed by atoms with E-state index in [1.165, 1.54) is 5.82 Å². The number of aromatic nitrogens is 2. The van der Waals surface area contributed by atoms with Gasteiger partial charge in [-0.05, 0) is 12.1 Å². The molecule has 0 aliphatic carbocycles. The van der Waals surface area contributed by atoms with Gasteiger partial charge in [-0.25, -0.2) is 4.57 Å². The molecule has 2 aromatic rings. The molecule has 0 radical (unpaired) electrons. The van der Waals surface area contributed by atoms with Crippen LogP contribution in [0.25, 0.3) is 5.69 Å². The molecule has 0 aliphatic heterocycles. The molecule has 0 saturated heterocycles. The molecule has 0 atom stereocenters. The Balaban J connectivity index is 2.58. The zero-order valence-corrected chi connectivity index (χ0v) is 9.27. The fourth-order valence-electron chi connectivity index (χ4n) is 1.64. The minimum absolute atomic E-state index is 0.886. The number of ether oxygens (including phenoxy) is 1. The van der Waals surface area contributed by atoms with Gasteiger partial charge in [0.25, 0.3) is 5.82 Å². The lowest BCUT2D eigenvalue weighted by Gasteiger charge is -2.04. The minimum Gasteiger partial charge on any atom is -0.492 e. The molecule has 1 heterocycles. The van der Waals surface area contributed by atoms with E-state index in [1.54, 1.807) is 7.11 Å². The quantitative estimate of drug-likeness (QED) is 0.678. The van der Waals surface area contributed by atoms with Crippen molar-refractivity contribution in [1.82, 2.24) is 4.57 Å². The van der Waals surface area contributed by atoms with Gasteiger partial charge in [0.15, 0.2) is 11.4 Å². The lowest BCUT2D eigenvalue weighted by molar-refractivity contribution is -0.677. The number of rotatable bonds is 2. The first-order valence-corrected chi connectivity index (χ1v) is 4.91. The molecule has 3 heteroatoms. The molecule has 0 unspecified atom stereocenters.